The van der Waals surface area contributed by atoms with E-state index in [1.54, 1.807) is 25.1 Å². The number of carboxylic acid groups (broad SMARTS) is 1. The number of nitrogens with two attached hydrogens (primary N) is 1. The molecule has 0 unspecified atom stereocenters. The molecule has 3 rings (SSSR count). The Hall–Kier alpha value is -2.88. The number of rotatable bonds is 8. The maximum atomic E-state index is 12.6. The monoisotopic (exact) mass is 511 g/mol. The molecule has 6 N–H and O–H groups in total. The molecular weight excluding hydrogens is 481 g/mol. The highest BCUT2D eigenvalue weighted by Gasteiger charge is 2.30. The van der Waals surface area contributed by atoms with E-state index in [2.05, 4.69) is 20.9 Å². The number of pyridine rings is 1. The number of nitrogen functional groups attached to an aromatic ring is 1. The summed E-state index contributed by atoms with van der Waals surface area (Å²) in [5, 5.41) is 17.8. The summed E-state index contributed by atoms with van der Waals surface area (Å²) in [5.41, 5.74) is 8.54. The first kappa shape index (κ1) is 29.2. The zero-order chi connectivity index (χ0) is 23.3. The van der Waals surface area contributed by atoms with Crippen LogP contribution in [0.15, 0.2) is 36.4 Å². The first-order valence-corrected chi connectivity index (χ1v) is 10.6. The average Bonchev–Trinajstić information content (AvgIpc) is 3.22. The molecule has 1 aromatic carbocycles. The minimum atomic E-state index is -0.950. The second-order valence-corrected chi connectivity index (χ2v) is 8.20. The number of amides is 2. The number of aromatic carboxylic acids is 1. The van der Waals surface area contributed by atoms with E-state index in [0.717, 1.165) is 23.2 Å². The van der Waals surface area contributed by atoms with Crippen molar-refractivity contribution in [2.75, 3.05) is 12.3 Å². The molecular formula is C23H31Cl2N5O4. The predicted octanol–water partition coefficient (Wildman–Crippen LogP) is 1.86. The van der Waals surface area contributed by atoms with E-state index in [9.17, 15) is 14.4 Å². The second-order valence-electron chi connectivity index (χ2n) is 8.20. The molecule has 1 aliphatic heterocycles. The number of anilines is 1. The highest BCUT2D eigenvalue weighted by Crippen LogP contribution is 2.20. The van der Waals surface area contributed by atoms with Crippen LogP contribution in [0.25, 0.3) is 0 Å². The van der Waals surface area contributed by atoms with Gasteiger partial charge in [0.05, 0.1) is 11.6 Å². The van der Waals surface area contributed by atoms with E-state index in [1.165, 1.54) is 0 Å². The lowest BCUT2D eigenvalue weighted by Crippen LogP contribution is -2.50. The number of carboxylic acids is 1. The van der Waals surface area contributed by atoms with Crippen LogP contribution < -0.4 is 21.7 Å². The standard InChI is InChI=1S/C23H29N5O4.2ClH/c1-13-18(7-8-20(24)27-13)12-26-21(29)14(2)28-22(30)19-10-16(11-25-19)9-15-3-5-17(6-4-15)23(31)32;;/h3-8,14,16,19,25H,9-12H2,1-2H3,(H2,24,27)(H,26,29)(H,28,30)(H,31,32);2*1H/t14-,16-,19+;;/m0../s1. The normalized spacial score (nSPS) is 17.6. The summed E-state index contributed by atoms with van der Waals surface area (Å²) in [7, 11) is 0. The molecule has 0 radical (unpaired) electrons. The lowest BCUT2D eigenvalue weighted by atomic mass is 9.96. The van der Waals surface area contributed by atoms with Crippen LogP contribution in [-0.4, -0.2) is 46.5 Å². The first-order valence-electron chi connectivity index (χ1n) is 10.6. The maximum absolute atomic E-state index is 12.6. The molecule has 11 heteroatoms. The number of aryl methyl sites for hydroxylation is 1. The highest BCUT2D eigenvalue weighted by molar-refractivity contribution is 5.89. The Labute approximate surface area is 211 Å². The van der Waals surface area contributed by atoms with Gasteiger partial charge < -0.3 is 26.8 Å². The van der Waals surface area contributed by atoms with Crippen LogP contribution in [0.4, 0.5) is 5.82 Å². The molecule has 1 fully saturated rings. The van der Waals surface area contributed by atoms with Crippen LogP contribution in [0.5, 0.6) is 0 Å². The number of halogens is 2. The van der Waals surface area contributed by atoms with Gasteiger partial charge in [-0.1, -0.05) is 18.2 Å². The van der Waals surface area contributed by atoms with Crippen LogP contribution in [0.1, 0.15) is 40.5 Å². The zero-order valence-corrected chi connectivity index (χ0v) is 20.7. The number of hydrogen-bond donors (Lipinski definition) is 5. The summed E-state index contributed by atoms with van der Waals surface area (Å²) in [5.74, 6) is -0.747. The summed E-state index contributed by atoms with van der Waals surface area (Å²) < 4.78 is 0. The summed E-state index contributed by atoms with van der Waals surface area (Å²) >= 11 is 0. The SMILES string of the molecule is Cc1nc(N)ccc1CNC(=O)[C@H](C)NC(=O)[C@H]1C[C@H](Cc2ccc(C(=O)O)cc2)CN1.Cl.Cl. The quantitative estimate of drug-likeness (QED) is 0.363. The number of aromatic nitrogens is 1. The van der Waals surface area contributed by atoms with Crippen molar-refractivity contribution in [3.63, 3.8) is 0 Å². The summed E-state index contributed by atoms with van der Waals surface area (Å²) in [6, 6.07) is 9.26. The minimum absolute atomic E-state index is 0. The van der Waals surface area contributed by atoms with Crippen molar-refractivity contribution in [2.45, 2.75) is 45.3 Å². The van der Waals surface area contributed by atoms with E-state index in [1.807, 2.05) is 25.1 Å². The summed E-state index contributed by atoms with van der Waals surface area (Å²) in [6.07, 6.45) is 1.40. The van der Waals surface area contributed by atoms with E-state index in [4.69, 9.17) is 10.8 Å². The molecule has 1 aliphatic rings. The lowest BCUT2D eigenvalue weighted by molar-refractivity contribution is -0.129. The largest absolute Gasteiger partial charge is 0.478 e. The van der Waals surface area contributed by atoms with Gasteiger partial charge in [-0.15, -0.1) is 24.8 Å². The van der Waals surface area contributed by atoms with Crippen molar-refractivity contribution < 1.29 is 19.5 Å². The van der Waals surface area contributed by atoms with Gasteiger partial charge in [-0.05, 0) is 68.5 Å². The molecule has 0 saturated carbocycles. The third-order valence-electron chi connectivity index (χ3n) is 5.69. The Morgan fingerprint density at radius 2 is 1.85 bits per heavy atom. The Kier molecular flexibility index (Phi) is 11.3. The number of carbonyl (C=O) groups is 3. The first-order chi connectivity index (χ1) is 15.2. The Morgan fingerprint density at radius 1 is 1.18 bits per heavy atom. The van der Waals surface area contributed by atoms with E-state index in [-0.39, 0.29) is 54.2 Å². The number of nitrogens with one attached hydrogen (secondary N) is 3. The van der Waals surface area contributed by atoms with Crippen molar-refractivity contribution in [3.05, 3.63) is 58.8 Å². The van der Waals surface area contributed by atoms with E-state index >= 15 is 0 Å². The molecule has 2 heterocycles. The van der Waals surface area contributed by atoms with E-state index < -0.39 is 12.0 Å². The lowest BCUT2D eigenvalue weighted by Gasteiger charge is -2.17. The predicted molar refractivity (Wildman–Crippen MR) is 134 cm³/mol. The van der Waals surface area contributed by atoms with Gasteiger partial charge in [0.1, 0.15) is 11.9 Å². The fourth-order valence-electron chi connectivity index (χ4n) is 3.79. The Bertz CT molecular complexity index is 1000. The summed E-state index contributed by atoms with van der Waals surface area (Å²) in [4.78, 5) is 40.1. The van der Waals surface area contributed by atoms with Crippen molar-refractivity contribution >= 4 is 48.4 Å². The van der Waals surface area contributed by atoms with Gasteiger partial charge in [-0.2, -0.15) is 0 Å². The fourth-order valence-corrected chi connectivity index (χ4v) is 3.79. The molecule has 1 saturated heterocycles. The average molecular weight is 512 g/mol. The van der Waals surface area contributed by atoms with Gasteiger partial charge in [-0.25, -0.2) is 9.78 Å². The van der Waals surface area contributed by atoms with Crippen molar-refractivity contribution in [2.24, 2.45) is 5.92 Å². The van der Waals surface area contributed by atoms with Crippen LogP contribution in [0, 0.1) is 12.8 Å². The van der Waals surface area contributed by atoms with Gasteiger partial charge >= 0.3 is 5.97 Å². The molecule has 0 aliphatic carbocycles. The van der Waals surface area contributed by atoms with Crippen LogP contribution in [0.2, 0.25) is 0 Å². The van der Waals surface area contributed by atoms with Crippen LogP contribution in [0.3, 0.4) is 0 Å². The zero-order valence-electron chi connectivity index (χ0n) is 19.0. The van der Waals surface area contributed by atoms with Crippen molar-refractivity contribution in [1.82, 2.24) is 20.9 Å². The molecule has 1 aromatic heterocycles. The van der Waals surface area contributed by atoms with Crippen LogP contribution in [-0.2, 0) is 22.6 Å². The number of carbonyl (C=O) groups excluding carboxylic acids is 2. The second kappa shape index (κ2) is 13.1. The summed E-state index contributed by atoms with van der Waals surface area (Å²) in [6.45, 7) is 4.47. The Balaban J connectivity index is 0.00000289. The van der Waals surface area contributed by atoms with Gasteiger partial charge in [0.25, 0.3) is 0 Å². The molecule has 9 nitrogen and oxygen atoms in total. The Morgan fingerprint density at radius 3 is 2.47 bits per heavy atom. The molecule has 3 atom stereocenters. The van der Waals surface area contributed by atoms with Crippen molar-refractivity contribution in [3.8, 4) is 0 Å². The highest BCUT2D eigenvalue weighted by atomic mass is 35.5. The topological polar surface area (TPSA) is 146 Å². The molecule has 2 aromatic rings. The number of nitrogens with zero attached hydrogens (tertiary/aromatic N) is 1. The molecule has 2 amide bonds. The third kappa shape index (κ3) is 7.86. The maximum Gasteiger partial charge on any atom is 0.335 e. The van der Waals surface area contributed by atoms with E-state index in [0.29, 0.717) is 25.3 Å². The minimum Gasteiger partial charge on any atom is -0.478 e. The van der Waals surface area contributed by atoms with Gasteiger partial charge in [0.15, 0.2) is 0 Å². The fraction of sp³-hybridized carbons (Fsp3) is 0.391. The number of benzene rings is 1. The molecule has 186 valence electrons. The van der Waals surface area contributed by atoms with Crippen molar-refractivity contribution in [1.29, 1.82) is 0 Å². The molecule has 0 bridgehead atoms. The smallest absolute Gasteiger partial charge is 0.335 e. The van der Waals surface area contributed by atoms with Gasteiger partial charge in [-0.3, -0.25) is 9.59 Å². The van der Waals surface area contributed by atoms with Gasteiger partial charge in [0, 0.05) is 12.2 Å². The van der Waals surface area contributed by atoms with Gasteiger partial charge in [0.2, 0.25) is 11.8 Å². The number of hydrogen-bond acceptors (Lipinski definition) is 6. The van der Waals surface area contributed by atoms with Crippen LogP contribution >= 0.6 is 24.8 Å². The molecule has 0 spiro atoms. The third-order valence-corrected chi connectivity index (χ3v) is 5.69. The molecule has 34 heavy (non-hydrogen) atoms.